The number of nitrogens with two attached hydrogens (primary N) is 1. The molecule has 29 heavy (non-hydrogen) atoms. The van der Waals surface area contributed by atoms with Crippen LogP contribution in [0.15, 0.2) is 47.8 Å². The third-order valence-electron chi connectivity index (χ3n) is 4.98. The van der Waals surface area contributed by atoms with E-state index in [1.54, 1.807) is 11.3 Å². The van der Waals surface area contributed by atoms with Crippen molar-refractivity contribution in [2.24, 2.45) is 5.73 Å². The highest BCUT2D eigenvalue weighted by Gasteiger charge is 2.12. The van der Waals surface area contributed by atoms with Gasteiger partial charge >= 0.3 is 0 Å². The van der Waals surface area contributed by atoms with Crippen LogP contribution in [0, 0.1) is 6.92 Å². The number of anilines is 1. The highest BCUT2D eigenvalue weighted by Crippen LogP contribution is 2.30. The Balaban J connectivity index is 1.25. The first kappa shape index (κ1) is 18.2. The normalized spacial score (nSPS) is 12.6. The number of H-pyrrole nitrogens is 1. The molecule has 0 spiro atoms. The molecule has 0 amide bonds. The minimum Gasteiger partial charge on any atom is -0.359 e. The van der Waals surface area contributed by atoms with E-state index in [2.05, 4.69) is 61.4 Å². The van der Waals surface area contributed by atoms with E-state index in [1.807, 2.05) is 19.1 Å². The predicted molar refractivity (Wildman–Crippen MR) is 122 cm³/mol. The summed E-state index contributed by atoms with van der Waals surface area (Å²) in [5.74, 6) is 0. The van der Waals surface area contributed by atoms with Gasteiger partial charge in [-0.2, -0.15) is 5.10 Å². The van der Waals surface area contributed by atoms with E-state index in [0.29, 0.717) is 6.54 Å². The van der Waals surface area contributed by atoms with Gasteiger partial charge in [-0.1, -0.05) is 29.5 Å². The number of nitrogens with one attached hydrogen (secondary N) is 2. The summed E-state index contributed by atoms with van der Waals surface area (Å²) in [5, 5.41) is 25.5. The molecule has 3 aromatic heterocycles. The predicted octanol–water partition coefficient (Wildman–Crippen LogP) is 4.59. The van der Waals surface area contributed by atoms with E-state index in [4.69, 9.17) is 5.73 Å². The van der Waals surface area contributed by atoms with Crippen molar-refractivity contribution in [3.63, 3.8) is 0 Å². The van der Waals surface area contributed by atoms with Crippen molar-refractivity contribution in [1.82, 2.24) is 20.4 Å². The van der Waals surface area contributed by atoms with Crippen LogP contribution in [0.4, 0.5) is 5.13 Å². The molecular formula is C21H20N6S2. The fraction of sp³-hybridized carbons (Fsp3) is 0.190. The average molecular weight is 421 g/mol. The zero-order chi connectivity index (χ0) is 19.8. The lowest BCUT2D eigenvalue weighted by Crippen LogP contribution is -2.31. The Morgan fingerprint density at radius 1 is 1.14 bits per heavy atom. The average Bonchev–Trinajstić information content (AvgIpc) is 3.46. The van der Waals surface area contributed by atoms with Crippen molar-refractivity contribution in [3.05, 3.63) is 59.1 Å². The summed E-state index contributed by atoms with van der Waals surface area (Å²) in [6.45, 7) is 2.67. The van der Waals surface area contributed by atoms with Crippen LogP contribution < -0.4 is 11.1 Å². The summed E-state index contributed by atoms with van der Waals surface area (Å²) in [5.41, 5.74) is 10.7. The molecule has 2 aromatic carbocycles. The number of benzene rings is 2. The molecule has 4 N–H and O–H groups in total. The van der Waals surface area contributed by atoms with Crippen molar-refractivity contribution in [2.45, 2.75) is 19.4 Å². The van der Waals surface area contributed by atoms with Gasteiger partial charge in [-0.05, 0) is 53.9 Å². The number of rotatable bonds is 6. The molecule has 6 nitrogen and oxygen atoms in total. The van der Waals surface area contributed by atoms with Crippen LogP contribution >= 0.6 is 22.7 Å². The molecule has 5 rings (SSSR count). The van der Waals surface area contributed by atoms with Crippen LogP contribution in [-0.2, 0) is 6.42 Å². The van der Waals surface area contributed by atoms with E-state index >= 15 is 0 Å². The molecule has 5 aromatic rings. The molecule has 0 fully saturated rings. The third-order valence-corrected chi connectivity index (χ3v) is 6.92. The second-order valence-corrected chi connectivity index (χ2v) is 8.98. The lowest BCUT2D eigenvalue weighted by atomic mass is 10.1. The Morgan fingerprint density at radius 2 is 2.03 bits per heavy atom. The van der Waals surface area contributed by atoms with Crippen molar-refractivity contribution in [2.75, 3.05) is 11.9 Å². The minimum absolute atomic E-state index is 0.00489. The number of aryl methyl sites for hydroxylation is 1. The van der Waals surface area contributed by atoms with E-state index in [0.717, 1.165) is 38.7 Å². The van der Waals surface area contributed by atoms with E-state index in [-0.39, 0.29) is 6.04 Å². The summed E-state index contributed by atoms with van der Waals surface area (Å²) < 4.78 is 1.31. The monoisotopic (exact) mass is 420 g/mol. The van der Waals surface area contributed by atoms with Crippen LogP contribution in [0.25, 0.3) is 31.6 Å². The van der Waals surface area contributed by atoms with Crippen LogP contribution in [0.1, 0.15) is 11.3 Å². The van der Waals surface area contributed by atoms with Gasteiger partial charge in [-0.25, -0.2) is 0 Å². The third kappa shape index (κ3) is 3.62. The smallest absolute Gasteiger partial charge is 0.206 e. The first-order valence-corrected chi connectivity index (χ1v) is 11.1. The Morgan fingerprint density at radius 3 is 2.97 bits per heavy atom. The van der Waals surface area contributed by atoms with Crippen molar-refractivity contribution < 1.29 is 0 Å². The minimum atomic E-state index is 0.00489. The van der Waals surface area contributed by atoms with E-state index < -0.39 is 0 Å². The maximum atomic E-state index is 6.38. The van der Waals surface area contributed by atoms with Gasteiger partial charge in [0.15, 0.2) is 0 Å². The van der Waals surface area contributed by atoms with Gasteiger partial charge in [-0.15, -0.1) is 21.5 Å². The fourth-order valence-electron chi connectivity index (χ4n) is 3.45. The van der Waals surface area contributed by atoms with Gasteiger partial charge in [-0.3, -0.25) is 5.10 Å². The van der Waals surface area contributed by atoms with Crippen molar-refractivity contribution in [3.8, 4) is 10.6 Å². The number of aromatic nitrogens is 4. The number of nitrogens with zero attached hydrogens (tertiary/aromatic N) is 3. The molecule has 0 aliphatic carbocycles. The van der Waals surface area contributed by atoms with Crippen molar-refractivity contribution in [1.29, 1.82) is 0 Å². The van der Waals surface area contributed by atoms with E-state index in [9.17, 15) is 0 Å². The molecule has 0 aliphatic heterocycles. The molecule has 0 aliphatic rings. The molecule has 1 unspecified atom stereocenters. The van der Waals surface area contributed by atoms with Crippen LogP contribution in [-0.4, -0.2) is 33.0 Å². The molecule has 146 valence electrons. The summed E-state index contributed by atoms with van der Waals surface area (Å²) in [4.78, 5) is 0. The van der Waals surface area contributed by atoms with Crippen LogP contribution in [0.2, 0.25) is 0 Å². The second kappa shape index (κ2) is 7.55. The van der Waals surface area contributed by atoms with Crippen molar-refractivity contribution >= 4 is 48.8 Å². The zero-order valence-corrected chi connectivity index (χ0v) is 17.5. The number of fused-ring (bicyclic) bond motifs is 2. The van der Waals surface area contributed by atoms with Gasteiger partial charge in [0.05, 0.1) is 5.52 Å². The van der Waals surface area contributed by atoms with Gasteiger partial charge in [0.1, 0.15) is 5.01 Å². The molecule has 0 bridgehead atoms. The van der Waals surface area contributed by atoms with Gasteiger partial charge in [0, 0.05) is 33.9 Å². The highest BCUT2D eigenvalue weighted by atomic mass is 32.1. The molecule has 3 heterocycles. The molecule has 0 radical (unpaired) electrons. The molecular weight excluding hydrogens is 400 g/mol. The fourth-order valence-corrected chi connectivity index (χ4v) is 5.17. The highest BCUT2D eigenvalue weighted by molar-refractivity contribution is 7.18. The summed E-state index contributed by atoms with van der Waals surface area (Å²) in [6, 6.07) is 14.6. The topological polar surface area (TPSA) is 92.5 Å². The standard InChI is InChI=1S/C21H20N6S2/c1-12-17-9-13(6-7-18(17)25-24-12)20-26-27-21(29-20)23-10-15(22)8-14-11-28-19-5-3-2-4-16(14)19/h2-7,9,11,15H,8,10,22H2,1H3,(H,23,27)(H,24,25). The van der Waals surface area contributed by atoms with Crippen LogP contribution in [0.3, 0.4) is 0 Å². The molecule has 0 saturated carbocycles. The number of hydrogen-bond acceptors (Lipinski definition) is 7. The van der Waals surface area contributed by atoms with E-state index in [1.165, 1.54) is 27.0 Å². The molecule has 0 saturated heterocycles. The second-order valence-electron chi connectivity index (χ2n) is 7.10. The summed E-state index contributed by atoms with van der Waals surface area (Å²) in [6.07, 6.45) is 0.832. The first-order chi connectivity index (χ1) is 14.2. The molecule has 8 heteroatoms. The quantitative estimate of drug-likeness (QED) is 0.374. The Hall–Kier alpha value is -2.81. The number of aromatic amines is 1. The van der Waals surface area contributed by atoms with Crippen LogP contribution in [0.5, 0.6) is 0 Å². The maximum absolute atomic E-state index is 6.38. The van der Waals surface area contributed by atoms with Gasteiger partial charge in [0.25, 0.3) is 0 Å². The Labute approximate surface area is 175 Å². The SMILES string of the molecule is Cc1[nH]nc2ccc(-c3nnc(NCC(N)Cc4csc5ccccc45)s3)cc12. The maximum Gasteiger partial charge on any atom is 0.206 e. The zero-order valence-electron chi connectivity index (χ0n) is 15.8. The Kier molecular flexibility index (Phi) is 4.75. The lowest BCUT2D eigenvalue weighted by Gasteiger charge is -2.11. The largest absolute Gasteiger partial charge is 0.359 e. The lowest BCUT2D eigenvalue weighted by molar-refractivity contribution is 0.702. The van der Waals surface area contributed by atoms with Gasteiger partial charge < -0.3 is 11.1 Å². The summed E-state index contributed by atoms with van der Waals surface area (Å²) in [7, 11) is 0. The number of hydrogen-bond donors (Lipinski definition) is 3. The number of thiophene rings is 1. The van der Waals surface area contributed by atoms with Gasteiger partial charge in [0.2, 0.25) is 5.13 Å². The molecule has 1 atom stereocenters. The first-order valence-electron chi connectivity index (χ1n) is 9.40. The Bertz CT molecular complexity index is 1280. The summed E-state index contributed by atoms with van der Waals surface area (Å²) >= 11 is 3.31.